The van der Waals surface area contributed by atoms with Gasteiger partial charge in [-0.2, -0.15) is 0 Å². The fourth-order valence-electron chi connectivity index (χ4n) is 2.92. The maximum absolute atomic E-state index is 12.4. The van der Waals surface area contributed by atoms with E-state index < -0.39 is 6.10 Å². The van der Waals surface area contributed by atoms with E-state index in [2.05, 4.69) is 19.2 Å². The molecule has 0 saturated heterocycles. The smallest absolute Gasteiger partial charge is 0.267 e. The molecule has 148 valence electrons. The molecule has 1 aliphatic heterocycles. The van der Waals surface area contributed by atoms with Crippen LogP contribution in [0, 0.1) is 5.92 Å². The molecule has 0 saturated carbocycles. The Kier molecular flexibility index (Phi) is 6.09. The molecule has 1 atom stereocenters. The first-order chi connectivity index (χ1) is 13.3. The van der Waals surface area contributed by atoms with Gasteiger partial charge in [-0.1, -0.05) is 25.4 Å². The lowest BCUT2D eigenvalue weighted by Crippen LogP contribution is -2.46. The van der Waals surface area contributed by atoms with E-state index in [4.69, 9.17) is 21.1 Å². The van der Waals surface area contributed by atoms with Gasteiger partial charge in [-0.25, -0.2) is 0 Å². The van der Waals surface area contributed by atoms with Crippen LogP contribution in [0.4, 0.5) is 11.4 Å². The summed E-state index contributed by atoms with van der Waals surface area (Å²) in [6, 6.07) is 12.1. The zero-order valence-electron chi connectivity index (χ0n) is 16.1. The normalized spacial score (nSPS) is 15.8. The van der Waals surface area contributed by atoms with Crippen molar-refractivity contribution in [3.63, 3.8) is 0 Å². The van der Waals surface area contributed by atoms with Crippen LogP contribution in [0.1, 0.15) is 20.8 Å². The van der Waals surface area contributed by atoms with Gasteiger partial charge >= 0.3 is 0 Å². The van der Waals surface area contributed by atoms with E-state index in [0.29, 0.717) is 40.4 Å². The van der Waals surface area contributed by atoms with Crippen LogP contribution in [-0.4, -0.2) is 31.1 Å². The molecule has 2 aromatic carbocycles. The van der Waals surface area contributed by atoms with E-state index in [1.165, 1.54) is 0 Å². The summed E-state index contributed by atoms with van der Waals surface area (Å²) < 4.78 is 11.2. The van der Waals surface area contributed by atoms with Crippen molar-refractivity contribution < 1.29 is 19.1 Å². The second-order valence-corrected chi connectivity index (χ2v) is 7.51. The van der Waals surface area contributed by atoms with E-state index in [0.717, 1.165) is 0 Å². The van der Waals surface area contributed by atoms with E-state index in [1.54, 1.807) is 54.3 Å². The maximum Gasteiger partial charge on any atom is 0.267 e. The Morgan fingerprint density at radius 3 is 2.64 bits per heavy atom. The summed E-state index contributed by atoms with van der Waals surface area (Å²) in [6.07, 6.45) is -0.564. The second kappa shape index (κ2) is 8.52. The van der Waals surface area contributed by atoms with Crippen molar-refractivity contribution in [2.75, 3.05) is 23.4 Å². The summed E-state index contributed by atoms with van der Waals surface area (Å²) >= 11 is 5.83. The zero-order chi connectivity index (χ0) is 20.3. The van der Waals surface area contributed by atoms with Crippen LogP contribution in [0.15, 0.2) is 42.5 Å². The lowest BCUT2D eigenvalue weighted by atomic mass is 10.1. The number of amides is 2. The molecule has 7 heteroatoms. The topological polar surface area (TPSA) is 67.9 Å². The first-order valence-corrected chi connectivity index (χ1v) is 9.51. The summed E-state index contributed by atoms with van der Waals surface area (Å²) in [5, 5.41) is 3.38. The molecule has 2 amide bonds. The number of fused-ring (bicyclic) bond motifs is 1. The van der Waals surface area contributed by atoms with Crippen molar-refractivity contribution >= 4 is 34.8 Å². The zero-order valence-corrected chi connectivity index (χ0v) is 16.8. The van der Waals surface area contributed by atoms with E-state index in [-0.39, 0.29) is 18.4 Å². The molecule has 0 aromatic heterocycles. The molecule has 2 aromatic rings. The SMILES string of the molecule is CC(C)CN1C(=O)C(C)Oc2cc(NC(=O)COc3ccc(Cl)cc3)ccc21. The van der Waals surface area contributed by atoms with Gasteiger partial charge in [0.2, 0.25) is 0 Å². The number of anilines is 2. The molecule has 28 heavy (non-hydrogen) atoms. The van der Waals surface area contributed by atoms with Crippen LogP contribution in [0.25, 0.3) is 0 Å². The van der Waals surface area contributed by atoms with E-state index in [1.807, 2.05) is 0 Å². The number of rotatable bonds is 6. The first-order valence-electron chi connectivity index (χ1n) is 9.14. The van der Waals surface area contributed by atoms with Crippen molar-refractivity contribution in [2.24, 2.45) is 5.92 Å². The monoisotopic (exact) mass is 402 g/mol. The Hall–Kier alpha value is -2.73. The minimum atomic E-state index is -0.564. The quantitative estimate of drug-likeness (QED) is 0.788. The highest BCUT2D eigenvalue weighted by molar-refractivity contribution is 6.30. The molecule has 1 unspecified atom stereocenters. The van der Waals surface area contributed by atoms with Crippen LogP contribution >= 0.6 is 11.6 Å². The summed E-state index contributed by atoms with van der Waals surface area (Å²) in [5.74, 6) is 1.10. The number of nitrogens with zero attached hydrogens (tertiary/aromatic N) is 1. The standard InChI is InChI=1S/C21H23ClN2O4/c1-13(2)11-24-18-9-6-16(10-19(18)28-14(3)21(24)26)23-20(25)12-27-17-7-4-15(22)5-8-17/h4-10,13-14H,11-12H2,1-3H3,(H,23,25). The van der Waals surface area contributed by atoms with Gasteiger partial charge in [0.15, 0.2) is 12.7 Å². The number of carbonyl (C=O) groups is 2. The summed E-state index contributed by atoms with van der Waals surface area (Å²) in [5.41, 5.74) is 1.29. The summed E-state index contributed by atoms with van der Waals surface area (Å²) in [4.78, 5) is 26.4. The molecule has 6 nitrogen and oxygen atoms in total. The Morgan fingerprint density at radius 2 is 1.96 bits per heavy atom. The fraction of sp³-hybridized carbons (Fsp3) is 0.333. The maximum atomic E-state index is 12.4. The van der Waals surface area contributed by atoms with Gasteiger partial charge in [0, 0.05) is 23.3 Å². The number of hydrogen-bond acceptors (Lipinski definition) is 4. The largest absolute Gasteiger partial charge is 0.484 e. The molecule has 0 radical (unpaired) electrons. The van der Waals surface area contributed by atoms with Crippen molar-refractivity contribution in [3.05, 3.63) is 47.5 Å². The van der Waals surface area contributed by atoms with Crippen molar-refractivity contribution in [1.29, 1.82) is 0 Å². The number of halogens is 1. The average molecular weight is 403 g/mol. The second-order valence-electron chi connectivity index (χ2n) is 7.08. The van der Waals surface area contributed by atoms with Crippen molar-refractivity contribution in [3.8, 4) is 11.5 Å². The van der Waals surface area contributed by atoms with Crippen molar-refractivity contribution in [2.45, 2.75) is 26.9 Å². The average Bonchev–Trinajstić information content (AvgIpc) is 2.64. The van der Waals surface area contributed by atoms with E-state index >= 15 is 0 Å². The Bertz CT molecular complexity index is 867. The van der Waals surface area contributed by atoms with Gasteiger partial charge in [-0.3, -0.25) is 9.59 Å². The van der Waals surface area contributed by atoms with Crippen LogP contribution in [0.5, 0.6) is 11.5 Å². The molecule has 1 heterocycles. The Morgan fingerprint density at radius 1 is 1.25 bits per heavy atom. The molecule has 1 aliphatic rings. The molecule has 0 spiro atoms. The Labute approximate surface area is 169 Å². The summed E-state index contributed by atoms with van der Waals surface area (Å²) in [7, 11) is 0. The van der Waals surface area contributed by atoms with Crippen LogP contribution < -0.4 is 19.7 Å². The molecule has 0 fully saturated rings. The van der Waals surface area contributed by atoms with Gasteiger partial charge in [-0.15, -0.1) is 0 Å². The first kappa shape index (κ1) is 20.0. The fourth-order valence-corrected chi connectivity index (χ4v) is 3.04. The molecule has 0 aliphatic carbocycles. The highest BCUT2D eigenvalue weighted by Crippen LogP contribution is 2.36. The van der Waals surface area contributed by atoms with Crippen LogP contribution in [-0.2, 0) is 9.59 Å². The number of nitrogens with one attached hydrogen (secondary N) is 1. The van der Waals surface area contributed by atoms with Gasteiger partial charge in [0.25, 0.3) is 11.8 Å². The lowest BCUT2D eigenvalue weighted by molar-refractivity contribution is -0.125. The van der Waals surface area contributed by atoms with Crippen molar-refractivity contribution in [1.82, 2.24) is 0 Å². The number of ether oxygens (including phenoxy) is 2. The molecule has 3 rings (SSSR count). The van der Waals surface area contributed by atoms with Crippen LogP contribution in [0.2, 0.25) is 5.02 Å². The minimum Gasteiger partial charge on any atom is -0.484 e. The highest BCUT2D eigenvalue weighted by Gasteiger charge is 2.31. The lowest BCUT2D eigenvalue weighted by Gasteiger charge is -2.34. The van der Waals surface area contributed by atoms with Gasteiger partial charge in [-0.05, 0) is 49.2 Å². The van der Waals surface area contributed by atoms with Crippen LogP contribution in [0.3, 0.4) is 0 Å². The molecular formula is C21H23ClN2O4. The molecule has 1 N–H and O–H groups in total. The third-order valence-corrected chi connectivity index (χ3v) is 4.44. The molecular weight excluding hydrogens is 380 g/mol. The number of carbonyl (C=O) groups excluding carboxylic acids is 2. The predicted molar refractivity (Wildman–Crippen MR) is 109 cm³/mol. The third-order valence-electron chi connectivity index (χ3n) is 4.18. The van der Waals surface area contributed by atoms with Gasteiger partial charge < -0.3 is 19.7 Å². The predicted octanol–water partition coefficient (Wildman–Crippen LogP) is 4.13. The summed E-state index contributed by atoms with van der Waals surface area (Å²) in [6.45, 7) is 6.32. The van der Waals surface area contributed by atoms with Gasteiger partial charge in [0.1, 0.15) is 11.5 Å². The number of benzene rings is 2. The van der Waals surface area contributed by atoms with Gasteiger partial charge in [0.05, 0.1) is 5.69 Å². The van der Waals surface area contributed by atoms with E-state index in [9.17, 15) is 9.59 Å². The molecule has 0 bridgehead atoms. The third kappa shape index (κ3) is 4.75. The minimum absolute atomic E-state index is 0.0608. The highest BCUT2D eigenvalue weighted by atomic mass is 35.5. The number of hydrogen-bond donors (Lipinski definition) is 1. The Balaban J connectivity index is 1.67.